The SMILES string of the molecule is C[C@H](C(=O)OC(C)(C)C)N1Cc2c(F)cc(-c3nc(CC4CCOCC4)ncc3Cl)cc2C1=O. The van der Waals surface area contributed by atoms with Crippen molar-refractivity contribution < 1.29 is 23.5 Å². The van der Waals surface area contributed by atoms with Crippen LogP contribution < -0.4 is 0 Å². The van der Waals surface area contributed by atoms with Crippen LogP contribution in [0, 0.1) is 11.7 Å². The minimum Gasteiger partial charge on any atom is -0.458 e. The maximum absolute atomic E-state index is 15.1. The fraction of sp³-hybridized carbons (Fsp3) is 0.520. The predicted molar refractivity (Wildman–Crippen MR) is 125 cm³/mol. The Morgan fingerprint density at radius 1 is 1.32 bits per heavy atom. The summed E-state index contributed by atoms with van der Waals surface area (Å²) >= 11 is 6.37. The van der Waals surface area contributed by atoms with Crippen molar-refractivity contribution in [2.75, 3.05) is 13.2 Å². The van der Waals surface area contributed by atoms with Crippen LogP contribution in [0.1, 0.15) is 62.3 Å². The highest BCUT2D eigenvalue weighted by atomic mass is 35.5. The van der Waals surface area contributed by atoms with Crippen LogP contribution in [0.2, 0.25) is 5.02 Å². The second-order valence-electron chi connectivity index (χ2n) is 9.87. The summed E-state index contributed by atoms with van der Waals surface area (Å²) in [5, 5.41) is 0.277. The van der Waals surface area contributed by atoms with E-state index in [0.29, 0.717) is 29.4 Å². The van der Waals surface area contributed by atoms with Gasteiger partial charge in [0.25, 0.3) is 5.91 Å². The minimum atomic E-state index is -0.851. The molecule has 1 atom stereocenters. The quantitative estimate of drug-likeness (QED) is 0.571. The number of carbonyl (C=O) groups excluding carboxylic acids is 2. The lowest BCUT2D eigenvalue weighted by Gasteiger charge is -2.27. The van der Waals surface area contributed by atoms with E-state index in [1.165, 1.54) is 17.2 Å². The van der Waals surface area contributed by atoms with Crippen molar-refractivity contribution in [3.05, 3.63) is 46.1 Å². The maximum Gasteiger partial charge on any atom is 0.329 e. The van der Waals surface area contributed by atoms with Crippen molar-refractivity contribution in [2.45, 2.75) is 65.1 Å². The molecule has 182 valence electrons. The van der Waals surface area contributed by atoms with Crippen LogP contribution >= 0.6 is 11.6 Å². The molecule has 3 heterocycles. The summed E-state index contributed by atoms with van der Waals surface area (Å²) in [7, 11) is 0. The normalized spacial score (nSPS) is 17.6. The van der Waals surface area contributed by atoms with Crippen molar-refractivity contribution in [3.63, 3.8) is 0 Å². The minimum absolute atomic E-state index is 0.00675. The average Bonchev–Trinajstić information content (AvgIpc) is 3.11. The maximum atomic E-state index is 15.1. The highest BCUT2D eigenvalue weighted by Crippen LogP contribution is 2.34. The number of carbonyl (C=O) groups is 2. The Morgan fingerprint density at radius 2 is 2.03 bits per heavy atom. The van der Waals surface area contributed by atoms with E-state index in [2.05, 4.69) is 9.97 Å². The topological polar surface area (TPSA) is 81.6 Å². The summed E-state index contributed by atoms with van der Waals surface area (Å²) in [6, 6.07) is 2.07. The first-order chi connectivity index (χ1) is 16.0. The number of ether oxygens (including phenoxy) is 2. The Kier molecular flexibility index (Phi) is 6.92. The van der Waals surface area contributed by atoms with Crippen molar-refractivity contribution >= 4 is 23.5 Å². The number of hydrogen-bond donors (Lipinski definition) is 0. The first-order valence-electron chi connectivity index (χ1n) is 11.5. The van der Waals surface area contributed by atoms with Gasteiger partial charge in [0, 0.05) is 42.5 Å². The second-order valence-corrected chi connectivity index (χ2v) is 10.3. The van der Waals surface area contributed by atoms with E-state index < -0.39 is 29.3 Å². The molecule has 0 bridgehead atoms. The van der Waals surface area contributed by atoms with Gasteiger partial charge in [-0.15, -0.1) is 0 Å². The van der Waals surface area contributed by atoms with E-state index >= 15 is 4.39 Å². The number of aromatic nitrogens is 2. The summed E-state index contributed by atoms with van der Waals surface area (Å²) in [5.74, 6) is -0.462. The largest absolute Gasteiger partial charge is 0.458 e. The molecule has 0 spiro atoms. The number of nitrogens with zero attached hydrogens (tertiary/aromatic N) is 3. The van der Waals surface area contributed by atoms with E-state index in [1.807, 2.05) is 0 Å². The number of benzene rings is 1. The molecule has 1 aromatic heterocycles. The third-order valence-corrected chi connectivity index (χ3v) is 6.39. The van der Waals surface area contributed by atoms with E-state index in [9.17, 15) is 9.59 Å². The first kappa shape index (κ1) is 24.5. The molecule has 1 aromatic carbocycles. The van der Waals surface area contributed by atoms with Crippen molar-refractivity contribution in [1.29, 1.82) is 0 Å². The van der Waals surface area contributed by atoms with Gasteiger partial charge in [0.15, 0.2) is 0 Å². The van der Waals surface area contributed by atoms with Crippen LogP contribution in [0.3, 0.4) is 0 Å². The fourth-order valence-electron chi connectivity index (χ4n) is 4.26. The van der Waals surface area contributed by atoms with Crippen molar-refractivity contribution in [1.82, 2.24) is 14.9 Å². The lowest BCUT2D eigenvalue weighted by molar-refractivity contribution is -0.159. The highest BCUT2D eigenvalue weighted by molar-refractivity contribution is 6.32. The molecule has 0 aliphatic carbocycles. The van der Waals surface area contributed by atoms with Gasteiger partial charge in [-0.05, 0) is 58.6 Å². The molecular formula is C25H29ClFN3O4. The van der Waals surface area contributed by atoms with Gasteiger partial charge in [-0.3, -0.25) is 4.79 Å². The van der Waals surface area contributed by atoms with Crippen molar-refractivity contribution in [2.24, 2.45) is 5.92 Å². The molecule has 34 heavy (non-hydrogen) atoms. The molecule has 2 aliphatic rings. The zero-order valence-corrected chi connectivity index (χ0v) is 20.6. The molecule has 7 nitrogen and oxygen atoms in total. The van der Waals surface area contributed by atoms with Gasteiger partial charge in [-0.25, -0.2) is 19.2 Å². The molecule has 4 rings (SSSR count). The van der Waals surface area contributed by atoms with Crippen LogP contribution in [0.25, 0.3) is 11.3 Å². The van der Waals surface area contributed by atoms with Crippen LogP contribution in [0.15, 0.2) is 18.3 Å². The molecule has 1 fully saturated rings. The lowest BCUT2D eigenvalue weighted by Crippen LogP contribution is -2.42. The Bertz CT molecular complexity index is 1110. The second kappa shape index (κ2) is 9.58. The molecule has 2 aliphatic heterocycles. The zero-order valence-electron chi connectivity index (χ0n) is 19.9. The first-order valence-corrected chi connectivity index (χ1v) is 11.9. The van der Waals surface area contributed by atoms with Crippen LogP contribution in [-0.4, -0.2) is 51.6 Å². The van der Waals surface area contributed by atoms with Gasteiger partial charge in [0.05, 0.1) is 17.3 Å². The third kappa shape index (κ3) is 5.23. The molecule has 1 amide bonds. The fourth-order valence-corrected chi connectivity index (χ4v) is 4.46. The number of rotatable bonds is 5. The molecular weight excluding hydrogens is 461 g/mol. The summed E-state index contributed by atoms with van der Waals surface area (Å²) in [6.45, 7) is 8.29. The summed E-state index contributed by atoms with van der Waals surface area (Å²) in [4.78, 5) is 35.9. The van der Waals surface area contributed by atoms with Gasteiger partial charge >= 0.3 is 5.97 Å². The lowest BCUT2D eigenvalue weighted by atomic mass is 9.96. The van der Waals surface area contributed by atoms with Gasteiger partial charge < -0.3 is 14.4 Å². The number of halogens is 2. The summed E-state index contributed by atoms with van der Waals surface area (Å²) in [6.07, 6.45) is 4.08. The highest BCUT2D eigenvalue weighted by Gasteiger charge is 2.38. The Balaban J connectivity index is 1.60. The van der Waals surface area contributed by atoms with E-state index in [0.717, 1.165) is 26.1 Å². The van der Waals surface area contributed by atoms with Gasteiger partial charge in [0.2, 0.25) is 0 Å². The van der Waals surface area contributed by atoms with E-state index in [1.54, 1.807) is 33.8 Å². The predicted octanol–water partition coefficient (Wildman–Crippen LogP) is 4.59. The Labute approximate surface area is 203 Å². The molecule has 0 saturated carbocycles. The van der Waals surface area contributed by atoms with E-state index in [4.69, 9.17) is 21.1 Å². The molecule has 2 aromatic rings. The third-order valence-electron chi connectivity index (χ3n) is 6.11. The Morgan fingerprint density at radius 3 is 2.71 bits per heavy atom. The number of amides is 1. The molecule has 9 heteroatoms. The number of fused-ring (bicyclic) bond motifs is 1. The monoisotopic (exact) mass is 489 g/mol. The summed E-state index contributed by atoms with van der Waals surface area (Å²) in [5.41, 5.74) is 0.539. The smallest absolute Gasteiger partial charge is 0.329 e. The van der Waals surface area contributed by atoms with Gasteiger partial charge in [-0.2, -0.15) is 0 Å². The van der Waals surface area contributed by atoms with Crippen LogP contribution in [0.4, 0.5) is 4.39 Å². The van der Waals surface area contributed by atoms with Crippen LogP contribution in [0.5, 0.6) is 0 Å². The van der Waals surface area contributed by atoms with E-state index in [-0.39, 0.29) is 22.7 Å². The standard InChI is InChI=1S/C25H29ClFN3O4/c1-14(24(32)34-25(2,3)4)30-13-18-17(23(30)31)10-16(11-20(18)27)22-19(26)12-28-21(29-22)9-15-5-7-33-8-6-15/h10-12,14-15H,5-9,13H2,1-4H3/t14-/m1/s1. The zero-order chi connectivity index (χ0) is 24.6. The number of esters is 1. The van der Waals surface area contributed by atoms with Gasteiger partial charge in [-0.1, -0.05) is 11.6 Å². The molecule has 1 saturated heterocycles. The Hall–Kier alpha value is -2.58. The molecule has 0 unspecified atom stereocenters. The summed E-state index contributed by atoms with van der Waals surface area (Å²) < 4.78 is 25.9. The molecule has 0 N–H and O–H groups in total. The average molecular weight is 490 g/mol. The molecule has 0 radical (unpaired) electrons. The van der Waals surface area contributed by atoms with Crippen LogP contribution in [-0.2, 0) is 27.2 Å². The van der Waals surface area contributed by atoms with Crippen molar-refractivity contribution in [3.8, 4) is 11.3 Å². The van der Waals surface area contributed by atoms with Gasteiger partial charge in [0.1, 0.15) is 23.3 Å². The number of hydrogen-bond acceptors (Lipinski definition) is 6.